The van der Waals surface area contributed by atoms with Crippen molar-refractivity contribution >= 4 is 58.7 Å². The molecule has 4 aliphatic rings. The van der Waals surface area contributed by atoms with E-state index in [1.54, 1.807) is 0 Å². The highest BCUT2D eigenvalue weighted by molar-refractivity contribution is 6.51. The van der Waals surface area contributed by atoms with Crippen LogP contribution in [0.25, 0.3) is 0 Å². The lowest BCUT2D eigenvalue weighted by molar-refractivity contribution is -0.143. The van der Waals surface area contributed by atoms with Gasteiger partial charge in [-0.3, -0.25) is 19.2 Å². The number of hydrogen-bond acceptors (Lipinski definition) is 6. The molecule has 3 fully saturated rings. The van der Waals surface area contributed by atoms with Crippen molar-refractivity contribution in [3.63, 3.8) is 0 Å². The molecule has 6 atom stereocenters. The molecule has 12 nitrogen and oxygen atoms in total. The Morgan fingerprint density at radius 1 is 1.07 bits per heavy atom. The number of fused-ring (bicyclic) bond motifs is 2. The Bertz CT molecular complexity index is 1410. The van der Waals surface area contributed by atoms with Gasteiger partial charge in [0, 0.05) is 18.4 Å². The van der Waals surface area contributed by atoms with Crippen molar-refractivity contribution in [2.45, 2.75) is 73.9 Å². The summed E-state index contributed by atoms with van der Waals surface area (Å²) in [4.78, 5) is 78.8. The number of aliphatic carboxylic acids is 1. The number of rotatable bonds is 12. The van der Waals surface area contributed by atoms with Crippen LogP contribution in [-0.2, 0) is 36.8 Å². The fraction of sp³-hybridized carbons (Fsp3) is 0.548. The number of ketones is 1. The minimum atomic E-state index is -1.39. The number of piperidine rings is 1. The third kappa shape index (κ3) is 6.53. The predicted molar refractivity (Wildman–Crippen MR) is 164 cm³/mol. The van der Waals surface area contributed by atoms with Gasteiger partial charge in [-0.05, 0) is 54.7 Å². The van der Waals surface area contributed by atoms with Crippen LogP contribution in [-0.4, -0.2) is 80.6 Å². The lowest BCUT2D eigenvalue weighted by atomic mass is 9.80. The molecule has 6 N–H and O–H groups in total. The van der Waals surface area contributed by atoms with E-state index in [1.165, 1.54) is 11.8 Å². The van der Waals surface area contributed by atoms with Crippen molar-refractivity contribution in [2.75, 3.05) is 6.54 Å². The van der Waals surface area contributed by atoms with Crippen LogP contribution >= 0.6 is 23.2 Å². The van der Waals surface area contributed by atoms with Crippen LogP contribution in [0.1, 0.15) is 43.7 Å². The quantitative estimate of drug-likeness (QED) is 0.127. The number of benzene rings is 1. The lowest BCUT2D eigenvalue weighted by Gasteiger charge is -2.35. The first-order valence-corrected chi connectivity index (χ1v) is 15.8. The van der Waals surface area contributed by atoms with Gasteiger partial charge in [0.05, 0.1) is 6.04 Å². The number of nitrogens with one attached hydrogen (secondary N) is 3. The predicted octanol–water partition coefficient (Wildman–Crippen LogP) is 1.46. The molecule has 1 aliphatic heterocycles. The number of carbonyl (C=O) groups is 6. The Balaban J connectivity index is 1.40. The molecule has 0 spiro atoms. The zero-order valence-electron chi connectivity index (χ0n) is 24.8. The van der Waals surface area contributed by atoms with Crippen LogP contribution in [0, 0.1) is 23.7 Å². The van der Waals surface area contributed by atoms with E-state index in [0.29, 0.717) is 12.8 Å². The van der Waals surface area contributed by atoms with Gasteiger partial charge in [0.15, 0.2) is 0 Å². The number of carbonyl (C=O) groups excluding carboxylic acids is 5. The maximum Gasteiger partial charge on any atom is 0.330 e. The van der Waals surface area contributed by atoms with Gasteiger partial charge in [0.1, 0.15) is 22.5 Å². The second kappa shape index (κ2) is 12.6. The smallest absolute Gasteiger partial charge is 0.330 e. The fourth-order valence-corrected chi connectivity index (χ4v) is 7.78. The van der Waals surface area contributed by atoms with Crippen molar-refractivity contribution in [2.24, 2.45) is 29.4 Å². The van der Waals surface area contributed by atoms with Crippen molar-refractivity contribution in [3.05, 3.63) is 47.5 Å². The van der Waals surface area contributed by atoms with E-state index in [-0.39, 0.29) is 24.5 Å². The van der Waals surface area contributed by atoms with E-state index in [2.05, 4.69) is 22.5 Å². The Kier molecular flexibility index (Phi) is 9.19. The summed E-state index contributed by atoms with van der Waals surface area (Å²) in [6.07, 6.45) is 3.86. The van der Waals surface area contributed by atoms with Gasteiger partial charge in [0.2, 0.25) is 17.6 Å². The third-order valence-corrected chi connectivity index (χ3v) is 10.7. The highest BCUT2D eigenvalue weighted by Gasteiger charge is 2.74. The number of likely N-dealkylation sites (tertiary alicyclic amines) is 1. The number of urea groups is 1. The number of carboxylic acid groups (broad SMARTS) is 1. The number of nitrogens with two attached hydrogens (primary N) is 1. The topological polar surface area (TPSA) is 188 Å². The minimum Gasteiger partial charge on any atom is -0.479 e. The van der Waals surface area contributed by atoms with Gasteiger partial charge in [-0.1, -0.05) is 50.1 Å². The van der Waals surface area contributed by atoms with Crippen LogP contribution in [0.5, 0.6) is 0 Å². The highest BCUT2D eigenvalue weighted by Crippen LogP contribution is 2.65. The maximum atomic E-state index is 14.4. The van der Waals surface area contributed by atoms with Gasteiger partial charge in [-0.15, -0.1) is 23.2 Å². The van der Waals surface area contributed by atoms with Gasteiger partial charge < -0.3 is 31.7 Å². The second-order valence-electron chi connectivity index (χ2n) is 12.7. The van der Waals surface area contributed by atoms with Crippen LogP contribution in [0.2, 0.25) is 0 Å². The Morgan fingerprint density at radius 3 is 2.20 bits per heavy atom. The molecule has 242 valence electrons. The molecule has 1 saturated heterocycles. The number of Topliss-reactive ketones (excluding diaryl/α,β-unsaturated/α-hetero) is 1. The molecule has 0 aromatic heterocycles. The largest absolute Gasteiger partial charge is 0.479 e. The second-order valence-corrected chi connectivity index (χ2v) is 14.2. The van der Waals surface area contributed by atoms with Crippen LogP contribution < -0.4 is 21.7 Å². The summed E-state index contributed by atoms with van der Waals surface area (Å²) in [7, 11) is 0. The summed E-state index contributed by atoms with van der Waals surface area (Å²) < 4.78 is -1.28. The van der Waals surface area contributed by atoms with Gasteiger partial charge in [-0.2, -0.15) is 0 Å². The van der Waals surface area contributed by atoms with E-state index in [0.717, 1.165) is 30.4 Å². The molecule has 2 saturated carbocycles. The van der Waals surface area contributed by atoms with E-state index in [9.17, 15) is 33.9 Å². The lowest BCUT2D eigenvalue weighted by Crippen LogP contribution is -2.61. The van der Waals surface area contributed by atoms with Crippen molar-refractivity contribution in [1.82, 2.24) is 20.9 Å². The van der Waals surface area contributed by atoms with E-state index < -0.39 is 81.8 Å². The zero-order chi connectivity index (χ0) is 32.8. The Labute approximate surface area is 270 Å². The summed E-state index contributed by atoms with van der Waals surface area (Å²) in [5, 5.41) is 17.2. The number of alkyl halides is 2. The van der Waals surface area contributed by atoms with Crippen LogP contribution in [0.15, 0.2) is 36.4 Å². The van der Waals surface area contributed by atoms with Gasteiger partial charge in [-0.25, -0.2) is 9.59 Å². The maximum absolute atomic E-state index is 14.4. The fourth-order valence-electron chi connectivity index (χ4n) is 6.95. The first kappa shape index (κ1) is 32.7. The van der Waals surface area contributed by atoms with Gasteiger partial charge >= 0.3 is 12.0 Å². The highest BCUT2D eigenvalue weighted by atomic mass is 35.5. The number of nitrogens with zero attached hydrogens (tertiary/aromatic N) is 1. The first-order chi connectivity index (χ1) is 21.2. The number of primary amides is 1. The average molecular weight is 663 g/mol. The van der Waals surface area contributed by atoms with Crippen molar-refractivity contribution in [3.8, 4) is 0 Å². The molecule has 0 radical (unpaired) electrons. The molecule has 1 unspecified atom stereocenters. The number of halogens is 2. The standard InChI is InChI=1S/C31H37Cl2N5O7/c1-14(2)22(29(43)44)36-30(45)37-23(18-11-16-8-3-4-9-17(16)12-18)28(42)38-13-19-21(31(19,32)33)24(38)27(41)35-20(25(39)26(34)40)10-15-6-5-7-15/h3-4,8-9,15,18-24H,1,5-7,10-13H2,2H3,(H2,34,40)(H,35,41)(H,43,44)(H2,36,37,45)/t19-,20?,21-,22-,23-,24-/m0/s1. The summed E-state index contributed by atoms with van der Waals surface area (Å²) in [5.41, 5.74) is 7.49. The van der Waals surface area contributed by atoms with E-state index in [4.69, 9.17) is 28.9 Å². The number of amides is 5. The monoisotopic (exact) mass is 661 g/mol. The summed E-state index contributed by atoms with van der Waals surface area (Å²) >= 11 is 13.0. The molecule has 1 aromatic carbocycles. The molecule has 3 aliphatic carbocycles. The van der Waals surface area contributed by atoms with Crippen LogP contribution in [0.4, 0.5) is 4.79 Å². The Morgan fingerprint density at radius 2 is 1.69 bits per heavy atom. The van der Waals surface area contributed by atoms with Crippen molar-refractivity contribution in [1.29, 1.82) is 0 Å². The van der Waals surface area contributed by atoms with Crippen LogP contribution in [0.3, 0.4) is 0 Å². The molecule has 5 rings (SSSR count). The Hall–Kier alpha value is -3.64. The number of hydrogen-bond donors (Lipinski definition) is 5. The molecular weight excluding hydrogens is 625 g/mol. The van der Waals surface area contributed by atoms with Gasteiger partial charge in [0.25, 0.3) is 5.91 Å². The molecule has 0 bridgehead atoms. The summed E-state index contributed by atoms with van der Waals surface area (Å²) in [6.45, 7) is 5.10. The molecule has 14 heteroatoms. The van der Waals surface area contributed by atoms with Crippen molar-refractivity contribution < 1.29 is 33.9 Å². The van der Waals surface area contributed by atoms with E-state index >= 15 is 0 Å². The zero-order valence-corrected chi connectivity index (χ0v) is 26.3. The number of carboxylic acids is 1. The SMILES string of the molecule is C=C(C)[C@H](NC(=O)N[C@H](C(=O)N1C[C@H]2[C@@H]([C@H]1C(=O)NC(CC1CCC1)C(=O)C(N)=O)C2(Cl)Cl)C1Cc2ccccc2C1)C(=O)O. The third-order valence-electron chi connectivity index (χ3n) is 9.68. The molecule has 1 aromatic rings. The molecule has 1 heterocycles. The normalized spacial score (nSPS) is 25.0. The average Bonchev–Trinajstić information content (AvgIpc) is 3.32. The summed E-state index contributed by atoms with van der Waals surface area (Å²) in [5.74, 6) is -6.01. The molecule has 5 amide bonds. The molecular formula is C31H37Cl2N5O7. The summed E-state index contributed by atoms with van der Waals surface area (Å²) in [6, 6.07) is 1.87. The minimum absolute atomic E-state index is 0.0224. The van der Waals surface area contributed by atoms with E-state index in [1.807, 2.05) is 24.3 Å². The molecule has 45 heavy (non-hydrogen) atoms. The first-order valence-electron chi connectivity index (χ1n) is 15.0.